The molecule has 5 nitrogen and oxygen atoms in total. The Hall–Kier alpha value is -4.64. The van der Waals surface area contributed by atoms with Gasteiger partial charge in [0, 0.05) is 43.3 Å². The Morgan fingerprint density at radius 1 is 0.450 bits per heavy atom. The molecule has 5 heteroatoms. The molecule has 0 radical (unpaired) electrons. The molecule has 0 saturated heterocycles. The number of hydrogen-bond acceptors (Lipinski definition) is 5. The Kier molecular flexibility index (Phi) is 9.24. The molecule has 0 saturated carbocycles. The summed E-state index contributed by atoms with van der Waals surface area (Å²) in [6.45, 7) is 32.9. The van der Waals surface area contributed by atoms with E-state index in [0.717, 1.165) is 61.4 Å². The molecule has 60 heavy (non-hydrogen) atoms. The second-order valence-corrected chi connectivity index (χ2v) is 23.7. The van der Waals surface area contributed by atoms with Crippen molar-refractivity contribution in [2.75, 3.05) is 0 Å². The number of ketones is 2. The molecule has 1 N–H and O–H groups in total. The summed E-state index contributed by atoms with van der Waals surface area (Å²) < 4.78 is 14.3. The topological polar surface area (TPSA) is 72.8 Å². The van der Waals surface area contributed by atoms with Gasteiger partial charge in [-0.15, -0.1) is 0 Å². The minimum absolute atomic E-state index is 0.0487. The molecular weight excluding hydrogens is 741 g/mol. The molecule has 2 aliphatic carbocycles. The van der Waals surface area contributed by atoms with Gasteiger partial charge in [0.25, 0.3) is 0 Å². The number of rotatable bonds is 0. The lowest BCUT2D eigenvalue weighted by Crippen LogP contribution is -2.46. The van der Waals surface area contributed by atoms with E-state index in [1.807, 2.05) is 6.08 Å². The largest absolute Gasteiger partial charge is 0.507 e. The quantitative estimate of drug-likeness (QED) is 0.245. The normalized spacial score (nSPS) is 22.9. The summed E-state index contributed by atoms with van der Waals surface area (Å²) >= 11 is 0. The molecule has 2 unspecified atom stereocenters. The molecule has 0 fully saturated rings. The number of fused-ring (bicyclic) bond motifs is 4. The number of allylic oxidation sites excluding steroid dienone is 4. The highest BCUT2D eigenvalue weighted by molar-refractivity contribution is 6.08. The number of phenolic OH excluding ortho intramolecular Hbond substituents is 1. The third-order valence-electron chi connectivity index (χ3n) is 13.5. The third-order valence-corrected chi connectivity index (χ3v) is 13.5. The Bertz CT molecular complexity index is 2520. The van der Waals surface area contributed by atoms with Gasteiger partial charge in [0.1, 0.15) is 17.2 Å². The molecule has 3 aromatic rings. The van der Waals surface area contributed by atoms with Crippen molar-refractivity contribution in [1.29, 1.82) is 0 Å². The fourth-order valence-corrected chi connectivity index (χ4v) is 9.55. The molecule has 2 atom stereocenters. The number of carbonyl (C=O) groups excluding carboxylic acids is 2. The van der Waals surface area contributed by atoms with Gasteiger partial charge in [-0.2, -0.15) is 0 Å². The van der Waals surface area contributed by atoms with Crippen LogP contribution in [0.4, 0.5) is 0 Å². The summed E-state index contributed by atoms with van der Waals surface area (Å²) in [6.07, 6.45) is 10.1. The number of benzene rings is 3. The van der Waals surface area contributed by atoms with Crippen molar-refractivity contribution in [3.8, 4) is 17.2 Å². The molecule has 3 aliphatic heterocycles. The summed E-state index contributed by atoms with van der Waals surface area (Å²) in [6, 6.07) is 13.0. The van der Waals surface area contributed by atoms with Gasteiger partial charge >= 0.3 is 0 Å². The van der Waals surface area contributed by atoms with Gasteiger partial charge in [-0.3, -0.25) is 9.59 Å². The Morgan fingerprint density at radius 2 is 0.767 bits per heavy atom. The van der Waals surface area contributed by atoms with E-state index in [1.165, 1.54) is 0 Å². The molecule has 3 aromatic carbocycles. The van der Waals surface area contributed by atoms with Crippen LogP contribution in [-0.4, -0.2) is 27.9 Å². The number of aromatic hydroxyl groups is 1. The summed E-state index contributed by atoms with van der Waals surface area (Å²) in [7, 11) is 0. The lowest BCUT2D eigenvalue weighted by molar-refractivity contribution is -0.127. The first kappa shape index (κ1) is 42.1. The van der Waals surface area contributed by atoms with E-state index in [1.54, 1.807) is 0 Å². The fraction of sp³-hybridized carbons (Fsp3) is 0.491. The number of ether oxygens (including phenoxy) is 2. The average molecular weight is 807 g/mol. The first-order valence-corrected chi connectivity index (χ1v) is 22.0. The molecule has 2 spiro atoms. The van der Waals surface area contributed by atoms with E-state index in [0.29, 0.717) is 48.1 Å². The molecule has 3 heterocycles. The first-order valence-electron chi connectivity index (χ1n) is 22.0. The van der Waals surface area contributed by atoms with Crippen molar-refractivity contribution in [3.05, 3.63) is 133 Å². The van der Waals surface area contributed by atoms with Crippen LogP contribution in [0.3, 0.4) is 0 Å². The van der Waals surface area contributed by atoms with E-state index in [4.69, 9.17) is 9.47 Å². The molecule has 0 aromatic heterocycles. The standard InChI is InChI=1S/C55H66O5/c1-49(2,3)39-19-31-16-33-21-40(50(4,5)6)25-37-27-55(59-45(33)37)30-43(53(13,14)15)24-36(48(55)58)18-34-22-41(51(7,8)9)26-38-28-54(60-46(34)38)29-42(52(10,11)12)23-35(47(54)57)17-32(20-39)44(31)56/h19-26,29-30,56H,16-18,27-28H2,1-15H3. The zero-order valence-electron chi connectivity index (χ0n) is 38.9. The summed E-state index contributed by atoms with van der Waals surface area (Å²) in [5.41, 5.74) is 8.37. The van der Waals surface area contributed by atoms with Gasteiger partial charge in [-0.25, -0.2) is 0 Å². The van der Waals surface area contributed by atoms with Crippen LogP contribution in [0.15, 0.2) is 83.0 Å². The zero-order chi connectivity index (χ0) is 43.9. The van der Waals surface area contributed by atoms with E-state index in [9.17, 15) is 5.11 Å². The predicted molar refractivity (Wildman–Crippen MR) is 243 cm³/mol. The van der Waals surface area contributed by atoms with Crippen molar-refractivity contribution in [2.45, 2.75) is 163 Å². The monoisotopic (exact) mass is 806 g/mol. The van der Waals surface area contributed by atoms with Gasteiger partial charge < -0.3 is 14.6 Å². The van der Waals surface area contributed by atoms with Crippen molar-refractivity contribution >= 4 is 11.6 Å². The van der Waals surface area contributed by atoms with Crippen LogP contribution in [0.5, 0.6) is 17.2 Å². The van der Waals surface area contributed by atoms with Crippen LogP contribution >= 0.6 is 0 Å². The van der Waals surface area contributed by atoms with Crippen molar-refractivity contribution in [3.63, 3.8) is 0 Å². The van der Waals surface area contributed by atoms with Crippen LogP contribution < -0.4 is 9.47 Å². The van der Waals surface area contributed by atoms with E-state index < -0.39 is 11.2 Å². The molecule has 8 bridgehead atoms. The van der Waals surface area contributed by atoms with Crippen molar-refractivity contribution < 1.29 is 24.2 Å². The van der Waals surface area contributed by atoms with Gasteiger partial charge in [0.15, 0.2) is 11.2 Å². The van der Waals surface area contributed by atoms with Gasteiger partial charge in [-0.1, -0.05) is 152 Å². The third kappa shape index (κ3) is 7.12. The first-order chi connectivity index (χ1) is 27.5. The van der Waals surface area contributed by atoms with E-state index in [-0.39, 0.29) is 50.8 Å². The minimum atomic E-state index is -1.26. The Morgan fingerprint density at radius 3 is 1.13 bits per heavy atom. The van der Waals surface area contributed by atoms with Crippen LogP contribution in [0.2, 0.25) is 0 Å². The molecular formula is C55H66O5. The molecule has 5 aliphatic rings. The lowest BCUT2D eigenvalue weighted by atomic mass is 9.73. The number of Topliss-reactive ketones (excluding diaryl/α,β-unsaturated/α-hetero) is 2. The Labute approximate surface area is 359 Å². The summed E-state index contributed by atoms with van der Waals surface area (Å²) in [4.78, 5) is 30.7. The van der Waals surface area contributed by atoms with Crippen LogP contribution in [0.25, 0.3) is 0 Å². The maximum atomic E-state index is 15.4. The van der Waals surface area contributed by atoms with Crippen LogP contribution in [-0.2, 0) is 57.9 Å². The maximum Gasteiger partial charge on any atom is 0.207 e. The highest BCUT2D eigenvalue weighted by atomic mass is 16.5. The van der Waals surface area contributed by atoms with Gasteiger partial charge in [-0.05, 0) is 100 Å². The second kappa shape index (κ2) is 13.2. The maximum absolute atomic E-state index is 15.4. The van der Waals surface area contributed by atoms with Crippen molar-refractivity contribution in [1.82, 2.24) is 0 Å². The molecule has 316 valence electrons. The molecule has 0 amide bonds. The summed E-state index contributed by atoms with van der Waals surface area (Å²) in [5, 5.41) is 12.4. The minimum Gasteiger partial charge on any atom is -0.507 e. The molecule has 8 rings (SSSR count). The fourth-order valence-electron chi connectivity index (χ4n) is 9.55. The number of hydrogen-bond donors (Lipinski definition) is 1. The van der Waals surface area contributed by atoms with E-state index >= 15 is 9.59 Å². The highest BCUT2D eigenvalue weighted by Gasteiger charge is 2.52. The van der Waals surface area contributed by atoms with E-state index in [2.05, 4.69) is 158 Å². The van der Waals surface area contributed by atoms with Gasteiger partial charge in [0.05, 0.1) is 0 Å². The van der Waals surface area contributed by atoms with Crippen molar-refractivity contribution in [2.24, 2.45) is 10.8 Å². The SMILES string of the molecule is CC(C)(C)C1=CC23Cc4cc(C(C)(C)C)cc(c4O2)CC2=CC(C(C)(C)C)=CC4(Cc5cc(C(C)(C)C)cc(c5O4)Cc4cc(C(C)(C)C)cc(c4O)CC(=C1)C3=O)C2=O. The Balaban J connectivity index is 1.44. The smallest absolute Gasteiger partial charge is 0.207 e. The summed E-state index contributed by atoms with van der Waals surface area (Å²) in [5.74, 6) is 1.46. The number of carbonyl (C=O) groups is 2. The number of phenols is 1. The van der Waals surface area contributed by atoms with Crippen LogP contribution in [0.1, 0.15) is 154 Å². The highest BCUT2D eigenvalue weighted by Crippen LogP contribution is 2.51. The zero-order valence-corrected chi connectivity index (χ0v) is 38.9. The predicted octanol–water partition coefficient (Wildman–Crippen LogP) is 12.0. The lowest BCUT2D eigenvalue weighted by Gasteiger charge is -2.35. The van der Waals surface area contributed by atoms with Gasteiger partial charge in [0.2, 0.25) is 11.6 Å². The second-order valence-electron chi connectivity index (χ2n) is 23.7. The average Bonchev–Trinajstić information content (AvgIpc) is 3.67. The van der Waals surface area contributed by atoms with Crippen LogP contribution in [0, 0.1) is 10.8 Å².